The lowest BCUT2D eigenvalue weighted by atomic mass is 10.1. The first-order chi connectivity index (χ1) is 9.83. The standard InChI is InChI=1S/C14H23N5O/c20-13(15-6-10-18-7-2-1-3-8-18)12-11-19-9-4-5-16-14(19)17-12/h11H,1-10H2,(H,15,20)(H,16,17). The number of nitrogens with one attached hydrogen (secondary N) is 2. The maximum absolute atomic E-state index is 12.1. The normalized spacial score (nSPS) is 19.2. The largest absolute Gasteiger partial charge is 0.356 e. The van der Waals surface area contributed by atoms with Crippen molar-refractivity contribution >= 4 is 11.9 Å². The molecule has 1 aromatic rings. The van der Waals surface area contributed by atoms with Gasteiger partial charge < -0.3 is 20.1 Å². The number of nitrogens with zero attached hydrogens (tertiary/aromatic N) is 3. The van der Waals surface area contributed by atoms with E-state index < -0.39 is 0 Å². The fourth-order valence-electron chi connectivity index (χ4n) is 2.89. The average Bonchev–Trinajstić information content (AvgIpc) is 2.92. The molecule has 0 atom stereocenters. The van der Waals surface area contributed by atoms with E-state index >= 15 is 0 Å². The van der Waals surface area contributed by atoms with E-state index in [2.05, 4.69) is 20.5 Å². The van der Waals surface area contributed by atoms with Crippen LogP contribution >= 0.6 is 0 Å². The van der Waals surface area contributed by atoms with Crippen molar-refractivity contribution in [3.63, 3.8) is 0 Å². The Morgan fingerprint density at radius 1 is 1.25 bits per heavy atom. The Bertz CT molecular complexity index is 441. The molecule has 0 spiro atoms. The number of carbonyl (C=O) groups excluding carboxylic acids is 1. The predicted octanol–water partition coefficient (Wildman–Crippen LogP) is 0.914. The third-order valence-electron chi connectivity index (χ3n) is 4.03. The molecule has 2 aliphatic rings. The lowest BCUT2D eigenvalue weighted by molar-refractivity contribution is 0.0942. The zero-order valence-electron chi connectivity index (χ0n) is 11.9. The van der Waals surface area contributed by atoms with Crippen LogP contribution in [0.4, 0.5) is 5.95 Å². The average molecular weight is 277 g/mol. The van der Waals surface area contributed by atoms with Crippen LogP contribution in [-0.2, 0) is 6.54 Å². The molecule has 3 heterocycles. The molecule has 2 aliphatic heterocycles. The lowest BCUT2D eigenvalue weighted by Crippen LogP contribution is -2.37. The van der Waals surface area contributed by atoms with E-state index in [1.165, 1.54) is 32.4 Å². The van der Waals surface area contributed by atoms with E-state index in [0.717, 1.165) is 32.0 Å². The maximum atomic E-state index is 12.1. The zero-order chi connectivity index (χ0) is 13.8. The maximum Gasteiger partial charge on any atom is 0.271 e. The molecule has 1 amide bonds. The Kier molecular flexibility index (Phi) is 4.20. The van der Waals surface area contributed by atoms with Crippen molar-refractivity contribution in [1.29, 1.82) is 0 Å². The Morgan fingerprint density at radius 2 is 2.10 bits per heavy atom. The van der Waals surface area contributed by atoms with Crippen LogP contribution in [0.3, 0.4) is 0 Å². The van der Waals surface area contributed by atoms with E-state index in [0.29, 0.717) is 12.2 Å². The molecule has 110 valence electrons. The summed E-state index contributed by atoms with van der Waals surface area (Å²) >= 11 is 0. The number of aromatic nitrogens is 2. The Balaban J connectivity index is 1.47. The van der Waals surface area contributed by atoms with E-state index in [1.54, 1.807) is 0 Å². The highest BCUT2D eigenvalue weighted by Crippen LogP contribution is 2.13. The van der Waals surface area contributed by atoms with Crippen LogP contribution in [0.2, 0.25) is 0 Å². The van der Waals surface area contributed by atoms with Crippen molar-refractivity contribution in [3.8, 4) is 0 Å². The molecule has 0 radical (unpaired) electrons. The molecular formula is C14H23N5O. The third-order valence-corrected chi connectivity index (χ3v) is 4.03. The summed E-state index contributed by atoms with van der Waals surface area (Å²) in [7, 11) is 0. The van der Waals surface area contributed by atoms with Crippen LogP contribution in [0, 0.1) is 0 Å². The summed E-state index contributed by atoms with van der Waals surface area (Å²) in [6.45, 7) is 5.85. The minimum absolute atomic E-state index is 0.0642. The molecule has 1 fully saturated rings. The monoisotopic (exact) mass is 277 g/mol. The second kappa shape index (κ2) is 6.26. The Hall–Kier alpha value is -1.56. The smallest absolute Gasteiger partial charge is 0.271 e. The molecule has 0 bridgehead atoms. The van der Waals surface area contributed by atoms with Gasteiger partial charge in [-0.2, -0.15) is 0 Å². The van der Waals surface area contributed by atoms with Crippen LogP contribution in [-0.4, -0.2) is 53.1 Å². The number of carbonyl (C=O) groups is 1. The van der Waals surface area contributed by atoms with Gasteiger partial charge in [0.2, 0.25) is 5.95 Å². The number of amides is 1. The number of imidazole rings is 1. The number of fused-ring (bicyclic) bond motifs is 1. The minimum Gasteiger partial charge on any atom is -0.356 e. The predicted molar refractivity (Wildman–Crippen MR) is 78.0 cm³/mol. The summed E-state index contributed by atoms with van der Waals surface area (Å²) in [5, 5.41) is 6.18. The fourth-order valence-corrected chi connectivity index (χ4v) is 2.89. The van der Waals surface area contributed by atoms with Crippen molar-refractivity contribution in [3.05, 3.63) is 11.9 Å². The molecule has 1 aromatic heterocycles. The number of hydrogen-bond donors (Lipinski definition) is 2. The quantitative estimate of drug-likeness (QED) is 0.859. The van der Waals surface area contributed by atoms with Gasteiger partial charge in [0.1, 0.15) is 5.69 Å². The highest BCUT2D eigenvalue weighted by atomic mass is 16.1. The number of hydrogen-bond acceptors (Lipinski definition) is 4. The van der Waals surface area contributed by atoms with E-state index in [-0.39, 0.29) is 5.91 Å². The summed E-state index contributed by atoms with van der Waals surface area (Å²) in [5.74, 6) is 0.753. The molecule has 3 rings (SSSR count). The first-order valence-corrected chi connectivity index (χ1v) is 7.64. The van der Waals surface area contributed by atoms with E-state index in [1.807, 2.05) is 10.8 Å². The van der Waals surface area contributed by atoms with Gasteiger partial charge in [-0.05, 0) is 32.4 Å². The summed E-state index contributed by atoms with van der Waals surface area (Å²) in [6, 6.07) is 0. The highest BCUT2D eigenvalue weighted by molar-refractivity contribution is 5.92. The SMILES string of the molecule is O=C(NCCN1CCCCC1)c1cn2c(n1)NCCC2. The molecule has 1 saturated heterocycles. The lowest BCUT2D eigenvalue weighted by Gasteiger charge is -2.26. The fraction of sp³-hybridized carbons (Fsp3) is 0.714. The van der Waals surface area contributed by atoms with Gasteiger partial charge in [-0.15, -0.1) is 0 Å². The number of aryl methyl sites for hydroxylation is 1. The van der Waals surface area contributed by atoms with Crippen molar-refractivity contribution in [1.82, 2.24) is 19.8 Å². The van der Waals surface area contributed by atoms with Gasteiger partial charge in [-0.25, -0.2) is 4.98 Å². The molecule has 0 aliphatic carbocycles. The summed E-state index contributed by atoms with van der Waals surface area (Å²) in [6.07, 6.45) is 6.84. The molecule has 2 N–H and O–H groups in total. The highest BCUT2D eigenvalue weighted by Gasteiger charge is 2.16. The van der Waals surface area contributed by atoms with Gasteiger partial charge in [-0.3, -0.25) is 4.79 Å². The van der Waals surface area contributed by atoms with E-state index in [9.17, 15) is 4.79 Å². The molecular weight excluding hydrogens is 254 g/mol. The number of anilines is 1. The van der Waals surface area contributed by atoms with Gasteiger partial charge >= 0.3 is 0 Å². The van der Waals surface area contributed by atoms with E-state index in [4.69, 9.17) is 0 Å². The molecule has 0 aromatic carbocycles. The first kappa shape index (κ1) is 13.4. The van der Waals surface area contributed by atoms with Crippen molar-refractivity contribution < 1.29 is 4.79 Å². The Morgan fingerprint density at radius 3 is 2.90 bits per heavy atom. The van der Waals surface area contributed by atoms with Crippen LogP contribution in [0.25, 0.3) is 0 Å². The Labute approximate surface area is 119 Å². The molecule has 20 heavy (non-hydrogen) atoms. The van der Waals surface area contributed by atoms with Crippen molar-refractivity contribution in [2.45, 2.75) is 32.2 Å². The van der Waals surface area contributed by atoms with Crippen LogP contribution in [0.15, 0.2) is 6.20 Å². The van der Waals surface area contributed by atoms with Gasteiger partial charge in [-0.1, -0.05) is 6.42 Å². The number of piperidine rings is 1. The van der Waals surface area contributed by atoms with Gasteiger partial charge in [0.15, 0.2) is 0 Å². The summed E-state index contributed by atoms with van der Waals surface area (Å²) in [5.41, 5.74) is 0.521. The van der Waals surface area contributed by atoms with Gasteiger partial charge in [0, 0.05) is 32.4 Å². The van der Waals surface area contributed by atoms with Crippen LogP contribution < -0.4 is 10.6 Å². The van der Waals surface area contributed by atoms with Crippen molar-refractivity contribution in [2.24, 2.45) is 0 Å². The van der Waals surface area contributed by atoms with Crippen LogP contribution in [0.1, 0.15) is 36.2 Å². The van der Waals surface area contributed by atoms with Gasteiger partial charge in [0.25, 0.3) is 5.91 Å². The number of likely N-dealkylation sites (tertiary alicyclic amines) is 1. The second-order valence-electron chi connectivity index (χ2n) is 5.58. The zero-order valence-corrected chi connectivity index (χ0v) is 11.9. The molecule has 6 nitrogen and oxygen atoms in total. The van der Waals surface area contributed by atoms with Crippen molar-refractivity contribution in [2.75, 3.05) is 38.0 Å². The van der Waals surface area contributed by atoms with Gasteiger partial charge in [0.05, 0.1) is 0 Å². The molecule has 0 saturated carbocycles. The minimum atomic E-state index is -0.0642. The topological polar surface area (TPSA) is 62.2 Å². The first-order valence-electron chi connectivity index (χ1n) is 7.64. The second-order valence-corrected chi connectivity index (χ2v) is 5.58. The number of rotatable bonds is 4. The molecule has 6 heteroatoms. The third kappa shape index (κ3) is 3.12. The molecule has 0 unspecified atom stereocenters. The van der Waals surface area contributed by atoms with Crippen LogP contribution in [0.5, 0.6) is 0 Å². The summed E-state index contributed by atoms with van der Waals surface area (Å²) in [4.78, 5) is 18.8. The summed E-state index contributed by atoms with van der Waals surface area (Å²) < 4.78 is 2.02.